The molecule has 0 bridgehead atoms. The van der Waals surface area contributed by atoms with Crippen molar-refractivity contribution in [3.05, 3.63) is 44.6 Å². The number of aromatic amines is 1. The van der Waals surface area contributed by atoms with Crippen molar-refractivity contribution in [3.63, 3.8) is 0 Å². The van der Waals surface area contributed by atoms with Gasteiger partial charge in [-0.3, -0.25) is 9.59 Å². The lowest BCUT2D eigenvalue weighted by molar-refractivity contribution is 0.239. The van der Waals surface area contributed by atoms with Crippen LogP contribution in [0.1, 0.15) is 31.7 Å². The summed E-state index contributed by atoms with van der Waals surface area (Å²) in [5, 5.41) is 9.34. The summed E-state index contributed by atoms with van der Waals surface area (Å²) in [5.74, 6) is 0. The van der Waals surface area contributed by atoms with Gasteiger partial charge >= 0.3 is 0 Å². The van der Waals surface area contributed by atoms with Gasteiger partial charge in [-0.2, -0.15) is 5.26 Å². The number of aryl methyl sites for hydroxylation is 1. The molecule has 23 heavy (non-hydrogen) atoms. The lowest BCUT2D eigenvalue weighted by atomic mass is 10.2. The summed E-state index contributed by atoms with van der Waals surface area (Å²) < 4.78 is 1.66. The molecule has 1 atom stereocenters. The molecule has 1 aliphatic rings. The first kappa shape index (κ1) is 15.5. The largest absolute Gasteiger partial charge is 0.321 e. The Hall–Kier alpha value is -2.39. The summed E-state index contributed by atoms with van der Waals surface area (Å²) in [7, 11) is 0. The van der Waals surface area contributed by atoms with Gasteiger partial charge in [0.15, 0.2) is 0 Å². The Morgan fingerprint density at radius 1 is 1.35 bits per heavy atom. The molecule has 6 heteroatoms. The molecule has 0 unspecified atom stereocenters. The van der Waals surface area contributed by atoms with Gasteiger partial charge < -0.3 is 14.5 Å². The molecule has 1 fully saturated rings. The average Bonchev–Trinajstić information content (AvgIpc) is 3.08. The molecule has 2 aromatic heterocycles. The molecule has 6 nitrogen and oxygen atoms in total. The summed E-state index contributed by atoms with van der Waals surface area (Å²) >= 11 is 0. The second kappa shape index (κ2) is 6.39. The number of hydrogen-bond donors (Lipinski definition) is 1. The maximum absolute atomic E-state index is 12.6. The van der Waals surface area contributed by atoms with Crippen molar-refractivity contribution in [1.82, 2.24) is 14.5 Å². The number of hydrogen-bond acceptors (Lipinski definition) is 4. The maximum atomic E-state index is 12.6. The van der Waals surface area contributed by atoms with Crippen molar-refractivity contribution in [2.75, 3.05) is 13.1 Å². The van der Waals surface area contributed by atoms with Crippen LogP contribution >= 0.6 is 0 Å². The van der Waals surface area contributed by atoms with Crippen LogP contribution < -0.4 is 11.1 Å². The van der Waals surface area contributed by atoms with E-state index in [0.717, 1.165) is 19.5 Å². The highest BCUT2D eigenvalue weighted by molar-refractivity contribution is 5.78. The van der Waals surface area contributed by atoms with Crippen LogP contribution in [-0.4, -0.2) is 33.6 Å². The summed E-state index contributed by atoms with van der Waals surface area (Å²) in [4.78, 5) is 29.2. The molecule has 2 aromatic rings. The third-order valence-electron chi connectivity index (χ3n) is 4.66. The molecule has 1 saturated heterocycles. The second-order valence-corrected chi connectivity index (χ2v) is 6.15. The molecular weight excluding hydrogens is 292 g/mol. The van der Waals surface area contributed by atoms with Crippen LogP contribution in [0.25, 0.3) is 10.9 Å². The van der Waals surface area contributed by atoms with E-state index >= 15 is 0 Å². The molecule has 120 valence electrons. The molecule has 0 spiro atoms. The number of pyridine rings is 2. The number of H-pyrrole nitrogens is 1. The fourth-order valence-corrected chi connectivity index (χ4v) is 3.19. The molecule has 3 heterocycles. The Bertz CT molecular complexity index is 869. The number of nitriles is 1. The Morgan fingerprint density at radius 2 is 2.09 bits per heavy atom. The third kappa shape index (κ3) is 3.06. The predicted octanol–water partition coefficient (Wildman–Crippen LogP) is 1.44. The Morgan fingerprint density at radius 3 is 2.78 bits per heavy atom. The van der Waals surface area contributed by atoms with E-state index in [1.807, 2.05) is 6.07 Å². The van der Waals surface area contributed by atoms with E-state index in [2.05, 4.69) is 16.8 Å². The zero-order valence-electron chi connectivity index (χ0n) is 13.2. The summed E-state index contributed by atoms with van der Waals surface area (Å²) in [6.07, 6.45) is 5.12. The van der Waals surface area contributed by atoms with E-state index in [-0.39, 0.29) is 11.1 Å². The minimum absolute atomic E-state index is 0.0298. The zero-order valence-corrected chi connectivity index (χ0v) is 13.2. The maximum Gasteiger partial charge on any atom is 0.266 e. The van der Waals surface area contributed by atoms with E-state index in [1.54, 1.807) is 16.8 Å². The smallest absolute Gasteiger partial charge is 0.266 e. The van der Waals surface area contributed by atoms with E-state index < -0.39 is 5.56 Å². The highest BCUT2D eigenvalue weighted by atomic mass is 16.1. The molecule has 0 aromatic carbocycles. The number of aromatic nitrogens is 2. The fourth-order valence-electron chi connectivity index (χ4n) is 3.19. The molecule has 1 N–H and O–H groups in total. The lowest BCUT2D eigenvalue weighted by Crippen LogP contribution is -2.32. The first-order valence-corrected chi connectivity index (χ1v) is 8.01. The van der Waals surface area contributed by atoms with Gasteiger partial charge in [0.25, 0.3) is 11.1 Å². The fraction of sp³-hybridized carbons (Fsp3) is 0.471. The number of rotatable bonds is 4. The molecule has 1 aliphatic heterocycles. The Labute approximate surface area is 134 Å². The van der Waals surface area contributed by atoms with Crippen molar-refractivity contribution in [1.29, 1.82) is 5.26 Å². The first-order chi connectivity index (χ1) is 11.1. The lowest BCUT2D eigenvalue weighted by Gasteiger charge is -2.23. The summed E-state index contributed by atoms with van der Waals surface area (Å²) in [6.45, 7) is 5.11. The SMILES string of the molecule is C[C@@H](CCn1ccc2[nH]c(=O)c(C#N)cc2c1=O)N1CCCC1. The van der Waals surface area contributed by atoms with E-state index in [9.17, 15) is 9.59 Å². The Balaban J connectivity index is 1.85. The van der Waals surface area contributed by atoms with Crippen molar-refractivity contribution in [2.45, 2.75) is 38.8 Å². The summed E-state index contributed by atoms with van der Waals surface area (Å²) in [6, 6.07) is 5.38. The second-order valence-electron chi connectivity index (χ2n) is 6.15. The third-order valence-corrected chi connectivity index (χ3v) is 4.66. The van der Waals surface area contributed by atoms with Crippen LogP contribution in [0.15, 0.2) is 27.9 Å². The molecule has 0 amide bonds. The standard InChI is InChI=1S/C17H20N4O2/c1-12(20-6-2-3-7-20)4-8-21-9-5-15-14(17(21)23)10-13(11-18)16(22)19-15/h5,9-10,12H,2-4,6-8H2,1H3,(H,19,22)/t12-/m0/s1. The minimum atomic E-state index is -0.459. The Kier molecular flexibility index (Phi) is 4.30. The van der Waals surface area contributed by atoms with E-state index in [4.69, 9.17) is 5.26 Å². The predicted molar refractivity (Wildman–Crippen MR) is 88.4 cm³/mol. The molecular formula is C17H20N4O2. The van der Waals surface area contributed by atoms with Crippen molar-refractivity contribution in [3.8, 4) is 6.07 Å². The van der Waals surface area contributed by atoms with E-state index in [1.165, 1.54) is 18.9 Å². The quantitative estimate of drug-likeness (QED) is 0.926. The zero-order chi connectivity index (χ0) is 16.4. The highest BCUT2D eigenvalue weighted by Crippen LogP contribution is 2.14. The van der Waals surface area contributed by atoms with Crippen LogP contribution in [0, 0.1) is 11.3 Å². The monoisotopic (exact) mass is 312 g/mol. The van der Waals surface area contributed by atoms with Gasteiger partial charge in [0.2, 0.25) is 0 Å². The van der Waals surface area contributed by atoms with Gasteiger partial charge in [-0.1, -0.05) is 0 Å². The number of fused-ring (bicyclic) bond motifs is 1. The van der Waals surface area contributed by atoms with Crippen molar-refractivity contribution < 1.29 is 0 Å². The molecule has 0 aliphatic carbocycles. The molecule has 0 saturated carbocycles. The van der Waals surface area contributed by atoms with Crippen LogP contribution in [0.3, 0.4) is 0 Å². The van der Waals surface area contributed by atoms with Crippen LogP contribution in [0.4, 0.5) is 0 Å². The molecule has 0 radical (unpaired) electrons. The van der Waals surface area contributed by atoms with Gasteiger partial charge in [-0.25, -0.2) is 0 Å². The van der Waals surface area contributed by atoms with E-state index in [0.29, 0.717) is 23.5 Å². The van der Waals surface area contributed by atoms with Gasteiger partial charge in [0, 0.05) is 18.8 Å². The van der Waals surface area contributed by atoms with Crippen LogP contribution in [0.5, 0.6) is 0 Å². The van der Waals surface area contributed by atoms with Crippen LogP contribution in [0.2, 0.25) is 0 Å². The van der Waals surface area contributed by atoms with Gasteiger partial charge in [-0.15, -0.1) is 0 Å². The molecule has 3 rings (SSSR count). The van der Waals surface area contributed by atoms with Crippen molar-refractivity contribution in [2.24, 2.45) is 0 Å². The first-order valence-electron chi connectivity index (χ1n) is 8.01. The van der Waals surface area contributed by atoms with Crippen LogP contribution in [-0.2, 0) is 6.54 Å². The average molecular weight is 312 g/mol. The number of nitrogens with one attached hydrogen (secondary N) is 1. The number of likely N-dealkylation sites (tertiary alicyclic amines) is 1. The van der Waals surface area contributed by atoms with Crippen molar-refractivity contribution >= 4 is 10.9 Å². The van der Waals surface area contributed by atoms with Gasteiger partial charge in [0.1, 0.15) is 11.6 Å². The topological polar surface area (TPSA) is 81.9 Å². The normalized spacial score (nSPS) is 16.5. The number of nitrogens with zero attached hydrogens (tertiary/aromatic N) is 3. The summed E-state index contributed by atoms with van der Waals surface area (Å²) in [5.41, 5.74) is -0.177. The minimum Gasteiger partial charge on any atom is -0.321 e. The highest BCUT2D eigenvalue weighted by Gasteiger charge is 2.18. The van der Waals surface area contributed by atoms with Gasteiger partial charge in [0.05, 0.1) is 10.9 Å². The van der Waals surface area contributed by atoms with Gasteiger partial charge in [-0.05, 0) is 51.4 Å².